The number of ketones is 1. The van der Waals surface area contributed by atoms with E-state index in [0.29, 0.717) is 53.5 Å². The molecule has 4 rings (SSSR count). The second-order valence-electron chi connectivity index (χ2n) is 8.50. The van der Waals surface area contributed by atoms with Crippen LogP contribution in [0.2, 0.25) is 5.02 Å². The summed E-state index contributed by atoms with van der Waals surface area (Å²) in [6.07, 6.45) is 0.950. The lowest BCUT2D eigenvalue weighted by molar-refractivity contribution is -0.140. The third-order valence-electron chi connectivity index (χ3n) is 6.26. The molecule has 2 aliphatic rings. The lowest BCUT2D eigenvalue weighted by atomic mass is 9.71. The molecule has 178 valence electrons. The number of allylic oxidation sites excluding steroid dienone is 3. The molecule has 0 saturated heterocycles. The smallest absolute Gasteiger partial charge is 0.336 e. The highest BCUT2D eigenvalue weighted by molar-refractivity contribution is 6.30. The van der Waals surface area contributed by atoms with Crippen LogP contribution >= 0.6 is 11.6 Å². The van der Waals surface area contributed by atoms with Crippen molar-refractivity contribution >= 4 is 23.4 Å². The van der Waals surface area contributed by atoms with Crippen molar-refractivity contribution in [3.05, 3.63) is 87.2 Å². The summed E-state index contributed by atoms with van der Waals surface area (Å²) in [5.74, 6) is -1.08. The molecule has 2 N–H and O–H groups in total. The molecule has 7 heteroatoms. The summed E-state index contributed by atoms with van der Waals surface area (Å²) in [5, 5.41) is 14.1. The second-order valence-corrected chi connectivity index (χ2v) is 8.93. The summed E-state index contributed by atoms with van der Waals surface area (Å²) in [6.45, 7) is 4.64. The van der Waals surface area contributed by atoms with Gasteiger partial charge in [0.1, 0.15) is 12.4 Å². The van der Waals surface area contributed by atoms with Crippen LogP contribution in [0.3, 0.4) is 0 Å². The summed E-state index contributed by atoms with van der Waals surface area (Å²) < 4.78 is 10.8. The SMILES string of the molecule is CCOCCOC(=O)C1=C(C)NC2=C(C(=O)CC(c3ccc(Cl)cc3)C2)C1c1cccc(O)c1. The minimum Gasteiger partial charge on any atom is -0.508 e. The molecule has 2 atom stereocenters. The Kier molecular flexibility index (Phi) is 7.39. The van der Waals surface area contributed by atoms with Crippen molar-refractivity contribution in [3.63, 3.8) is 0 Å². The van der Waals surface area contributed by atoms with E-state index in [1.165, 1.54) is 0 Å². The standard InChI is InChI=1S/C27H28ClNO5/c1-3-33-11-12-34-27(32)24-16(2)29-22-14-19(17-7-9-20(28)10-8-17)15-23(31)26(22)25(24)18-5-4-6-21(30)13-18/h4-10,13,19,25,29-30H,3,11-12,14-15H2,1-2H3. The lowest BCUT2D eigenvalue weighted by Gasteiger charge is -2.36. The maximum Gasteiger partial charge on any atom is 0.336 e. The maximum absolute atomic E-state index is 13.5. The van der Waals surface area contributed by atoms with Crippen molar-refractivity contribution < 1.29 is 24.2 Å². The lowest BCUT2D eigenvalue weighted by Crippen LogP contribution is -2.36. The molecule has 0 spiro atoms. The largest absolute Gasteiger partial charge is 0.508 e. The predicted molar refractivity (Wildman–Crippen MR) is 130 cm³/mol. The van der Waals surface area contributed by atoms with Crippen molar-refractivity contribution in [1.82, 2.24) is 5.32 Å². The van der Waals surface area contributed by atoms with Gasteiger partial charge in [-0.25, -0.2) is 4.79 Å². The number of ether oxygens (including phenoxy) is 2. The molecule has 1 aliphatic carbocycles. The van der Waals surface area contributed by atoms with Gasteiger partial charge in [0.2, 0.25) is 0 Å². The molecule has 0 fully saturated rings. The number of phenols is 1. The number of hydrogen-bond donors (Lipinski definition) is 2. The highest BCUT2D eigenvalue weighted by Crippen LogP contribution is 2.46. The van der Waals surface area contributed by atoms with Crippen molar-refractivity contribution in [1.29, 1.82) is 0 Å². The van der Waals surface area contributed by atoms with E-state index in [1.807, 2.05) is 44.2 Å². The fourth-order valence-electron chi connectivity index (χ4n) is 4.73. The van der Waals surface area contributed by atoms with Crippen LogP contribution < -0.4 is 5.32 Å². The van der Waals surface area contributed by atoms with Crippen LogP contribution in [0.15, 0.2) is 71.1 Å². The first kappa shape index (κ1) is 24.0. The Bertz CT molecular complexity index is 1150. The first-order valence-electron chi connectivity index (χ1n) is 11.4. The summed E-state index contributed by atoms with van der Waals surface area (Å²) in [7, 11) is 0. The van der Waals surface area contributed by atoms with E-state index in [9.17, 15) is 14.7 Å². The number of carbonyl (C=O) groups excluding carboxylic acids is 2. The van der Waals surface area contributed by atoms with E-state index >= 15 is 0 Å². The highest BCUT2D eigenvalue weighted by Gasteiger charge is 2.41. The normalized spacial score (nSPS) is 20.1. The van der Waals surface area contributed by atoms with Crippen molar-refractivity contribution in [3.8, 4) is 5.75 Å². The van der Waals surface area contributed by atoms with Crippen molar-refractivity contribution in [2.75, 3.05) is 19.8 Å². The Morgan fingerprint density at radius 1 is 1.12 bits per heavy atom. The molecular weight excluding hydrogens is 454 g/mol. The van der Waals surface area contributed by atoms with Crippen LogP contribution in [0.25, 0.3) is 0 Å². The fraction of sp³-hybridized carbons (Fsp3) is 0.333. The summed E-state index contributed by atoms with van der Waals surface area (Å²) >= 11 is 6.04. The molecule has 2 unspecified atom stereocenters. The monoisotopic (exact) mass is 481 g/mol. The van der Waals surface area contributed by atoms with Crippen molar-refractivity contribution in [2.24, 2.45) is 0 Å². The first-order chi connectivity index (χ1) is 16.4. The van der Waals surface area contributed by atoms with E-state index in [2.05, 4.69) is 5.32 Å². The van der Waals surface area contributed by atoms with Crippen LogP contribution in [0.5, 0.6) is 5.75 Å². The van der Waals surface area contributed by atoms with Gasteiger partial charge in [0.15, 0.2) is 5.78 Å². The predicted octanol–water partition coefficient (Wildman–Crippen LogP) is 4.99. The minimum atomic E-state index is -0.624. The molecule has 1 aliphatic heterocycles. The number of halogens is 1. The van der Waals surface area contributed by atoms with Gasteiger partial charge in [-0.2, -0.15) is 0 Å². The number of phenolic OH excluding ortho intramolecular Hbond substituents is 1. The zero-order valence-electron chi connectivity index (χ0n) is 19.3. The molecule has 0 radical (unpaired) electrons. The third kappa shape index (κ3) is 5.03. The Morgan fingerprint density at radius 2 is 1.88 bits per heavy atom. The van der Waals surface area contributed by atoms with E-state index < -0.39 is 11.9 Å². The molecule has 0 saturated carbocycles. The first-order valence-corrected chi connectivity index (χ1v) is 11.8. The minimum absolute atomic E-state index is 0.00772. The van der Waals surface area contributed by atoms with E-state index in [1.54, 1.807) is 18.2 Å². The molecule has 0 aromatic heterocycles. The van der Waals surface area contributed by atoms with Gasteiger partial charge in [-0.05, 0) is 61.6 Å². The summed E-state index contributed by atoms with van der Waals surface area (Å²) in [5.41, 5.74) is 4.08. The number of hydrogen-bond acceptors (Lipinski definition) is 6. The van der Waals surface area contributed by atoms with Gasteiger partial charge in [0.05, 0.1) is 12.2 Å². The molecule has 2 aromatic rings. The van der Waals surface area contributed by atoms with Gasteiger partial charge < -0.3 is 19.9 Å². The zero-order chi connectivity index (χ0) is 24.2. The molecule has 1 heterocycles. The number of benzene rings is 2. The summed E-state index contributed by atoms with van der Waals surface area (Å²) in [4.78, 5) is 26.7. The van der Waals surface area contributed by atoms with Crippen LogP contribution in [-0.4, -0.2) is 36.7 Å². The van der Waals surface area contributed by atoms with Gasteiger partial charge in [0.25, 0.3) is 0 Å². The zero-order valence-corrected chi connectivity index (χ0v) is 20.0. The second kappa shape index (κ2) is 10.5. The number of esters is 1. The maximum atomic E-state index is 13.5. The fourth-order valence-corrected chi connectivity index (χ4v) is 4.86. The number of dihydropyridines is 1. The Morgan fingerprint density at radius 3 is 2.59 bits per heavy atom. The molecule has 0 amide bonds. The van der Waals surface area contributed by atoms with E-state index in [0.717, 1.165) is 11.3 Å². The van der Waals surface area contributed by atoms with Crippen LogP contribution in [0, 0.1) is 0 Å². The molecule has 6 nitrogen and oxygen atoms in total. The average Bonchev–Trinajstić information content (AvgIpc) is 2.81. The molecule has 2 aromatic carbocycles. The number of carbonyl (C=O) groups is 2. The Balaban J connectivity index is 1.71. The Labute approximate surface area is 204 Å². The van der Waals surface area contributed by atoms with Crippen LogP contribution in [0.1, 0.15) is 49.7 Å². The van der Waals surface area contributed by atoms with Crippen LogP contribution in [0.4, 0.5) is 0 Å². The number of Topliss-reactive ketones (excluding diaryl/α,β-unsaturated/α-hetero) is 1. The molecule has 0 bridgehead atoms. The number of aromatic hydroxyl groups is 1. The van der Waals surface area contributed by atoms with Crippen molar-refractivity contribution in [2.45, 2.75) is 38.5 Å². The van der Waals surface area contributed by atoms with Gasteiger partial charge >= 0.3 is 5.97 Å². The van der Waals surface area contributed by atoms with E-state index in [-0.39, 0.29) is 24.1 Å². The van der Waals surface area contributed by atoms with Gasteiger partial charge in [0, 0.05) is 40.9 Å². The summed E-state index contributed by atoms with van der Waals surface area (Å²) in [6, 6.07) is 14.3. The van der Waals surface area contributed by atoms with Gasteiger partial charge in [-0.3, -0.25) is 4.79 Å². The van der Waals surface area contributed by atoms with Gasteiger partial charge in [-0.15, -0.1) is 0 Å². The third-order valence-corrected chi connectivity index (χ3v) is 6.51. The average molecular weight is 482 g/mol. The van der Waals surface area contributed by atoms with Gasteiger partial charge in [-0.1, -0.05) is 35.9 Å². The number of nitrogens with one attached hydrogen (secondary N) is 1. The van der Waals surface area contributed by atoms with Crippen LogP contribution in [-0.2, 0) is 19.1 Å². The quantitative estimate of drug-likeness (QED) is 0.428. The Hall–Kier alpha value is -3.09. The topological polar surface area (TPSA) is 84.9 Å². The molecular formula is C27H28ClNO5. The van der Waals surface area contributed by atoms with E-state index in [4.69, 9.17) is 21.1 Å². The molecule has 34 heavy (non-hydrogen) atoms. The number of rotatable bonds is 7. The highest BCUT2D eigenvalue weighted by atomic mass is 35.5.